The molecule has 31 heavy (non-hydrogen) atoms. The molecule has 1 fully saturated rings. The van der Waals surface area contributed by atoms with Gasteiger partial charge in [0, 0.05) is 37.3 Å². The molecule has 3 aromatic rings. The quantitative estimate of drug-likeness (QED) is 0.393. The number of halogens is 1. The van der Waals surface area contributed by atoms with Gasteiger partial charge in [-0.3, -0.25) is 0 Å². The van der Waals surface area contributed by atoms with Gasteiger partial charge < -0.3 is 9.80 Å². The normalized spacial score (nSPS) is 14.2. The van der Waals surface area contributed by atoms with Crippen molar-refractivity contribution in [2.45, 2.75) is 26.2 Å². The van der Waals surface area contributed by atoms with Gasteiger partial charge in [0.15, 0.2) is 0 Å². The Morgan fingerprint density at radius 1 is 1.19 bits per heavy atom. The molecule has 0 unspecified atom stereocenters. The van der Waals surface area contributed by atoms with Crippen molar-refractivity contribution in [3.8, 4) is 10.6 Å². The molecule has 164 valence electrons. The van der Waals surface area contributed by atoms with Gasteiger partial charge >= 0.3 is 0 Å². The highest BCUT2D eigenvalue weighted by atomic mass is 35.5. The maximum absolute atomic E-state index is 6.31. The molecule has 2 aromatic heterocycles. The van der Waals surface area contributed by atoms with E-state index in [0.717, 1.165) is 32.1 Å². The minimum Gasteiger partial charge on any atom is -0.373 e. The molecule has 0 atom stereocenters. The molecular formula is C26H32ClN3S. The molecule has 0 amide bonds. The van der Waals surface area contributed by atoms with Gasteiger partial charge in [0.25, 0.3) is 0 Å². The summed E-state index contributed by atoms with van der Waals surface area (Å²) in [5.41, 5.74) is 4.22. The smallest absolute Gasteiger partial charge is 0.0824 e. The highest BCUT2D eigenvalue weighted by molar-refractivity contribution is 7.13. The van der Waals surface area contributed by atoms with Crippen molar-refractivity contribution >= 4 is 39.9 Å². The van der Waals surface area contributed by atoms with Crippen molar-refractivity contribution in [1.82, 2.24) is 14.8 Å². The molecule has 1 aliphatic rings. The molecule has 4 rings (SSSR count). The number of allylic oxidation sites excluding steroid dienone is 1. The highest BCUT2D eigenvalue weighted by Gasteiger charge is 2.14. The van der Waals surface area contributed by atoms with E-state index in [9.17, 15) is 0 Å². The van der Waals surface area contributed by atoms with Crippen LogP contribution in [0.5, 0.6) is 0 Å². The Balaban J connectivity index is 0.000000187. The summed E-state index contributed by atoms with van der Waals surface area (Å²) >= 11 is 7.98. The number of likely N-dealkylation sites (N-methyl/N-ethyl adjacent to an activating group) is 1. The Morgan fingerprint density at radius 3 is 2.61 bits per heavy atom. The fourth-order valence-corrected chi connectivity index (χ4v) is 4.49. The third-order valence-electron chi connectivity index (χ3n) is 5.56. The Hall–Kier alpha value is -2.14. The molecule has 1 aromatic carbocycles. The van der Waals surface area contributed by atoms with Crippen LogP contribution >= 0.6 is 22.9 Å². The van der Waals surface area contributed by atoms with E-state index in [2.05, 4.69) is 41.9 Å². The number of fused-ring (bicyclic) bond motifs is 1. The van der Waals surface area contributed by atoms with Gasteiger partial charge in [0.05, 0.1) is 21.1 Å². The molecule has 0 spiro atoms. The number of piperazine rings is 1. The monoisotopic (exact) mass is 453 g/mol. The zero-order valence-electron chi connectivity index (χ0n) is 18.6. The van der Waals surface area contributed by atoms with Gasteiger partial charge in [-0.15, -0.1) is 11.3 Å². The molecule has 0 bridgehead atoms. The first-order valence-corrected chi connectivity index (χ1v) is 12.2. The highest BCUT2D eigenvalue weighted by Crippen LogP contribution is 2.30. The van der Waals surface area contributed by atoms with Gasteiger partial charge in [-0.25, -0.2) is 4.98 Å². The molecule has 0 aliphatic carbocycles. The lowest BCUT2D eigenvalue weighted by Crippen LogP contribution is -2.43. The molecule has 5 heteroatoms. The molecule has 0 N–H and O–H groups in total. The number of benzene rings is 1. The zero-order chi connectivity index (χ0) is 22.2. The van der Waals surface area contributed by atoms with Crippen LogP contribution in [0.4, 0.5) is 0 Å². The molecule has 1 saturated heterocycles. The van der Waals surface area contributed by atoms with Gasteiger partial charge in [-0.05, 0) is 49.0 Å². The molecule has 0 saturated carbocycles. The van der Waals surface area contributed by atoms with Crippen molar-refractivity contribution in [2.24, 2.45) is 0 Å². The summed E-state index contributed by atoms with van der Waals surface area (Å²) in [6.45, 7) is 14.9. The maximum atomic E-state index is 6.31. The van der Waals surface area contributed by atoms with Crippen LogP contribution in [0.3, 0.4) is 0 Å². The zero-order valence-corrected chi connectivity index (χ0v) is 20.2. The first kappa shape index (κ1) is 23.5. The van der Waals surface area contributed by atoms with E-state index in [1.54, 1.807) is 11.3 Å². The lowest BCUT2D eigenvalue weighted by atomic mass is 10.1. The largest absolute Gasteiger partial charge is 0.373 e. The number of aromatic nitrogens is 1. The van der Waals surface area contributed by atoms with Crippen molar-refractivity contribution < 1.29 is 0 Å². The Labute approximate surface area is 195 Å². The van der Waals surface area contributed by atoms with Crippen LogP contribution in [0.25, 0.3) is 27.6 Å². The van der Waals surface area contributed by atoms with Gasteiger partial charge in [-0.1, -0.05) is 62.4 Å². The van der Waals surface area contributed by atoms with E-state index in [0.29, 0.717) is 0 Å². The van der Waals surface area contributed by atoms with Crippen molar-refractivity contribution in [2.75, 3.05) is 33.2 Å². The summed E-state index contributed by atoms with van der Waals surface area (Å²) in [5.74, 6) is 0. The van der Waals surface area contributed by atoms with Crippen LogP contribution in [0.1, 0.15) is 31.7 Å². The van der Waals surface area contributed by atoms with Crippen LogP contribution in [-0.4, -0.2) is 48.0 Å². The first-order chi connectivity index (χ1) is 15.0. The second kappa shape index (κ2) is 11.5. The van der Waals surface area contributed by atoms with E-state index in [1.807, 2.05) is 47.9 Å². The number of thiophene rings is 1. The predicted molar refractivity (Wildman–Crippen MR) is 138 cm³/mol. The summed E-state index contributed by atoms with van der Waals surface area (Å²) in [5, 5.41) is 3.75. The summed E-state index contributed by atoms with van der Waals surface area (Å²) in [6.07, 6.45) is 5.55. The standard InChI is InChI=1S/C15H10ClNS.C11H22N2/c1-2-10-5-6-11-12(16)9-14(17-13(11)8-10)15-4-3-7-18-15;1-4-5-6-11(2)13-9-7-12(3)8-10-13/h2-9H,1H2;2,4-10H2,1,3H3. The second-order valence-corrected chi connectivity index (χ2v) is 9.26. The number of unbranched alkanes of at least 4 members (excludes halogenated alkanes) is 1. The molecule has 0 radical (unpaired) electrons. The van der Waals surface area contributed by atoms with E-state index in [-0.39, 0.29) is 0 Å². The van der Waals surface area contributed by atoms with Crippen LogP contribution in [-0.2, 0) is 0 Å². The second-order valence-electron chi connectivity index (χ2n) is 7.91. The summed E-state index contributed by atoms with van der Waals surface area (Å²) in [6, 6.07) is 12.0. The molecular weight excluding hydrogens is 422 g/mol. The average molecular weight is 454 g/mol. The average Bonchev–Trinajstić information content (AvgIpc) is 3.33. The number of pyridine rings is 1. The summed E-state index contributed by atoms with van der Waals surface area (Å²) in [4.78, 5) is 10.6. The van der Waals surface area contributed by atoms with Crippen LogP contribution in [0.2, 0.25) is 5.02 Å². The molecule has 3 heterocycles. The van der Waals surface area contributed by atoms with E-state index >= 15 is 0 Å². The number of rotatable bonds is 6. The van der Waals surface area contributed by atoms with Crippen molar-refractivity contribution in [3.63, 3.8) is 0 Å². The van der Waals surface area contributed by atoms with Crippen LogP contribution < -0.4 is 0 Å². The lowest BCUT2D eigenvalue weighted by molar-refractivity contribution is 0.182. The Morgan fingerprint density at radius 2 is 1.97 bits per heavy atom. The maximum Gasteiger partial charge on any atom is 0.0824 e. The fourth-order valence-electron chi connectivity index (χ4n) is 3.54. The van der Waals surface area contributed by atoms with Crippen LogP contribution in [0, 0.1) is 0 Å². The fraction of sp³-hybridized carbons (Fsp3) is 0.346. The van der Waals surface area contributed by atoms with Crippen molar-refractivity contribution in [3.05, 3.63) is 71.2 Å². The summed E-state index contributed by atoms with van der Waals surface area (Å²) in [7, 11) is 2.19. The minimum atomic E-state index is 0.735. The lowest BCUT2D eigenvalue weighted by Gasteiger charge is -2.35. The third-order valence-corrected chi connectivity index (χ3v) is 6.77. The van der Waals surface area contributed by atoms with Gasteiger partial charge in [0.1, 0.15) is 0 Å². The third kappa shape index (κ3) is 6.42. The topological polar surface area (TPSA) is 19.4 Å². The number of hydrogen-bond donors (Lipinski definition) is 0. The van der Waals surface area contributed by atoms with Crippen molar-refractivity contribution in [1.29, 1.82) is 0 Å². The van der Waals surface area contributed by atoms with Gasteiger partial charge in [-0.2, -0.15) is 0 Å². The SMILES string of the molecule is C=C(CCCC)N1CCN(C)CC1.C=Cc1ccc2c(Cl)cc(-c3cccs3)nc2c1. The minimum absolute atomic E-state index is 0.735. The first-order valence-electron chi connectivity index (χ1n) is 10.9. The van der Waals surface area contributed by atoms with Crippen LogP contribution in [0.15, 0.2) is 60.6 Å². The predicted octanol–water partition coefficient (Wildman–Crippen LogP) is 7.20. The number of hydrogen-bond acceptors (Lipinski definition) is 4. The number of nitrogens with zero attached hydrogens (tertiary/aromatic N) is 3. The van der Waals surface area contributed by atoms with Gasteiger partial charge in [0.2, 0.25) is 0 Å². The van der Waals surface area contributed by atoms with E-state index in [4.69, 9.17) is 11.6 Å². The Bertz CT molecular complexity index is 1000. The van der Waals surface area contributed by atoms with E-state index in [1.165, 1.54) is 51.1 Å². The Kier molecular flexibility index (Phi) is 8.70. The molecule has 1 aliphatic heterocycles. The molecule has 3 nitrogen and oxygen atoms in total. The summed E-state index contributed by atoms with van der Waals surface area (Å²) < 4.78 is 0. The van der Waals surface area contributed by atoms with E-state index < -0.39 is 0 Å².